The Labute approximate surface area is 253 Å². The van der Waals surface area contributed by atoms with Gasteiger partial charge in [0.1, 0.15) is 19.9 Å². The summed E-state index contributed by atoms with van der Waals surface area (Å²) in [5.41, 5.74) is 5.37. The number of anilines is 1. The van der Waals surface area contributed by atoms with Gasteiger partial charge in [0.25, 0.3) is 0 Å². The molecule has 0 bridgehead atoms. The fourth-order valence-electron chi connectivity index (χ4n) is 4.60. The first-order chi connectivity index (χ1) is 20.9. The van der Waals surface area contributed by atoms with Gasteiger partial charge in [-0.3, -0.25) is 5.41 Å². The lowest BCUT2D eigenvalue weighted by molar-refractivity contribution is 0.0245. The highest BCUT2D eigenvalue weighted by Crippen LogP contribution is 2.45. The van der Waals surface area contributed by atoms with Crippen molar-refractivity contribution in [1.29, 1.82) is 5.41 Å². The number of carboxylic acid groups (broad SMARTS) is 1. The molecule has 14 nitrogen and oxygen atoms in total. The van der Waals surface area contributed by atoms with Crippen LogP contribution in [0.3, 0.4) is 0 Å². The van der Waals surface area contributed by atoms with Crippen molar-refractivity contribution in [1.82, 2.24) is 4.72 Å². The number of carboxylic acids is 1. The van der Waals surface area contributed by atoms with Gasteiger partial charge in [-0.2, -0.15) is 0 Å². The first-order valence-corrected chi connectivity index (χ1v) is 16.1. The minimum absolute atomic E-state index is 0.0268. The van der Waals surface area contributed by atoms with Crippen LogP contribution in [0.2, 0.25) is 0 Å². The zero-order valence-corrected chi connectivity index (χ0v) is 25.1. The maximum absolute atomic E-state index is 13.6. The van der Waals surface area contributed by atoms with Gasteiger partial charge >= 0.3 is 5.97 Å². The van der Waals surface area contributed by atoms with Crippen LogP contribution in [0.15, 0.2) is 62.7 Å². The molecule has 0 radical (unpaired) electrons. The lowest BCUT2D eigenvalue weighted by atomic mass is 9.90. The van der Waals surface area contributed by atoms with Crippen molar-refractivity contribution >= 4 is 42.8 Å². The van der Waals surface area contributed by atoms with Gasteiger partial charge in [0, 0.05) is 36.8 Å². The van der Waals surface area contributed by atoms with Crippen LogP contribution in [0.4, 0.5) is 5.69 Å². The number of nitrogens with one attached hydrogen (secondary N) is 2. The van der Waals surface area contributed by atoms with Crippen LogP contribution in [0, 0.1) is 5.41 Å². The molecule has 4 rings (SSSR count). The Kier molecular flexibility index (Phi) is 10.4. The molecule has 0 aromatic heterocycles. The maximum Gasteiger partial charge on any atom is 0.336 e. The standard InChI is InChI=1S/C28H31N3O11S2/c1-39-13-14-41-16-15-40-12-4-11-31-43(34,35)26-21(29)9-7-19-23(17-5-2-3-6-18(17)28(32)33)20-8-10-22(30)27(44(36,37)38)25(20)42-24(19)26/h2-3,5-10,30-31H,4,11-16,29H2,1H3,(H,32,33)(H,36,37,38)/p-1. The predicted molar refractivity (Wildman–Crippen MR) is 157 cm³/mol. The van der Waals surface area contributed by atoms with Gasteiger partial charge in [-0.05, 0) is 42.3 Å². The second-order valence-corrected chi connectivity index (χ2v) is 12.5. The lowest BCUT2D eigenvalue weighted by Gasteiger charge is -2.21. The molecule has 236 valence electrons. The molecule has 0 atom stereocenters. The van der Waals surface area contributed by atoms with Gasteiger partial charge in [-0.25, -0.2) is 26.4 Å². The van der Waals surface area contributed by atoms with E-state index in [0.717, 1.165) is 6.07 Å². The molecule has 5 N–H and O–H groups in total. The smallest absolute Gasteiger partial charge is 0.336 e. The number of hydrogen-bond donors (Lipinski definition) is 4. The number of methoxy groups -OCH3 is 1. The van der Waals surface area contributed by atoms with Crippen molar-refractivity contribution in [2.75, 3.05) is 52.4 Å². The summed E-state index contributed by atoms with van der Waals surface area (Å²) in [6.45, 7) is 1.65. The van der Waals surface area contributed by atoms with E-state index < -0.39 is 52.6 Å². The highest BCUT2D eigenvalue weighted by Gasteiger charge is 2.30. The maximum atomic E-state index is 13.6. The average molecular weight is 649 g/mol. The number of sulfonamides is 1. The fourth-order valence-corrected chi connectivity index (χ4v) is 6.65. The molecule has 1 aliphatic carbocycles. The number of nitrogen functional groups attached to an aromatic ring is 1. The predicted octanol–water partition coefficient (Wildman–Crippen LogP) is 2.22. The number of aromatic carboxylic acids is 1. The van der Waals surface area contributed by atoms with Gasteiger partial charge in [-0.15, -0.1) is 0 Å². The van der Waals surface area contributed by atoms with E-state index in [1.54, 1.807) is 7.11 Å². The molecule has 0 unspecified atom stereocenters. The third-order valence-electron chi connectivity index (χ3n) is 6.50. The second kappa shape index (κ2) is 13.8. The molecular formula is C28H30N3O11S2-. The molecule has 0 fully saturated rings. The molecule has 0 spiro atoms. The number of carbonyl (C=O) groups is 1. The van der Waals surface area contributed by atoms with E-state index in [1.807, 2.05) is 0 Å². The van der Waals surface area contributed by atoms with Gasteiger partial charge in [0.2, 0.25) is 10.0 Å². The van der Waals surface area contributed by atoms with Crippen LogP contribution in [0.25, 0.3) is 33.4 Å². The van der Waals surface area contributed by atoms with Gasteiger partial charge in [0.15, 0.2) is 11.3 Å². The highest BCUT2D eigenvalue weighted by molar-refractivity contribution is 7.90. The lowest BCUT2D eigenvalue weighted by Crippen LogP contribution is -2.27. The van der Waals surface area contributed by atoms with Gasteiger partial charge in [0.05, 0.1) is 43.0 Å². The van der Waals surface area contributed by atoms with E-state index in [1.165, 1.54) is 42.5 Å². The van der Waals surface area contributed by atoms with E-state index in [9.17, 15) is 31.3 Å². The number of hydrogen-bond acceptors (Lipinski definition) is 12. The van der Waals surface area contributed by atoms with Crippen molar-refractivity contribution in [3.05, 3.63) is 59.5 Å². The number of fused-ring (bicyclic) bond motifs is 2. The average Bonchev–Trinajstić information content (AvgIpc) is 2.95. The zero-order valence-electron chi connectivity index (χ0n) is 23.5. The third-order valence-corrected chi connectivity index (χ3v) is 8.95. The zero-order chi connectivity index (χ0) is 32.1. The summed E-state index contributed by atoms with van der Waals surface area (Å²) in [6.07, 6.45) is 0.278. The fraction of sp³-hybridized carbons (Fsp3) is 0.286. The Hall–Kier alpha value is -3.90. The molecule has 16 heteroatoms. The molecular weight excluding hydrogens is 618 g/mol. The molecule has 0 saturated heterocycles. The summed E-state index contributed by atoms with van der Waals surface area (Å²) in [5, 5.41) is 17.4. The normalized spacial score (nSPS) is 12.2. The molecule has 2 aliphatic rings. The summed E-state index contributed by atoms with van der Waals surface area (Å²) in [5.74, 6) is -1.93. The summed E-state index contributed by atoms with van der Waals surface area (Å²) < 4.78 is 87.9. The monoisotopic (exact) mass is 648 g/mol. The minimum atomic E-state index is -5.32. The Bertz CT molecular complexity index is 1920. The summed E-state index contributed by atoms with van der Waals surface area (Å²) in [7, 11) is -8.19. The van der Waals surface area contributed by atoms with Crippen LogP contribution in [0.5, 0.6) is 0 Å². The highest BCUT2D eigenvalue weighted by atomic mass is 32.2. The number of rotatable bonds is 15. The third kappa shape index (κ3) is 7.07. The van der Waals surface area contributed by atoms with E-state index in [2.05, 4.69) is 4.72 Å². The van der Waals surface area contributed by atoms with E-state index >= 15 is 0 Å². The van der Waals surface area contributed by atoms with Crippen LogP contribution < -0.4 is 15.8 Å². The van der Waals surface area contributed by atoms with Crippen molar-refractivity contribution < 1.29 is 49.9 Å². The van der Waals surface area contributed by atoms with E-state index in [-0.39, 0.29) is 52.9 Å². The molecule has 1 heterocycles. The Morgan fingerprint density at radius 3 is 2.32 bits per heavy atom. The largest absolute Gasteiger partial charge is 0.744 e. The van der Waals surface area contributed by atoms with Crippen LogP contribution >= 0.6 is 0 Å². The molecule has 1 aliphatic heterocycles. The molecule has 44 heavy (non-hydrogen) atoms. The van der Waals surface area contributed by atoms with Crippen molar-refractivity contribution in [2.45, 2.75) is 16.2 Å². The first kappa shape index (κ1) is 33.0. The SMILES string of the molecule is COCCOCCOCCCNS(=O)(=O)c1c(N)ccc2c(-c3ccccc3C(=O)O)c3ccc(=N)c(S(=O)(=O)[O-])c-3oc12. The number of benzene rings is 3. The Balaban J connectivity index is 1.82. The van der Waals surface area contributed by atoms with E-state index in [0.29, 0.717) is 26.4 Å². The molecule has 2 aromatic rings. The minimum Gasteiger partial charge on any atom is -0.744 e. The van der Waals surface area contributed by atoms with E-state index in [4.69, 9.17) is 29.8 Å². The quantitative estimate of drug-likeness (QED) is 0.0629. The van der Waals surface area contributed by atoms with Crippen molar-refractivity contribution in [3.63, 3.8) is 0 Å². The van der Waals surface area contributed by atoms with Crippen LogP contribution in [-0.2, 0) is 34.4 Å². The topological polar surface area (TPSA) is 231 Å². The van der Waals surface area contributed by atoms with Gasteiger partial charge in [-0.1, -0.05) is 18.2 Å². The summed E-state index contributed by atoms with van der Waals surface area (Å²) >= 11 is 0. The summed E-state index contributed by atoms with van der Waals surface area (Å²) in [4.78, 5) is 10.6. The van der Waals surface area contributed by atoms with Crippen molar-refractivity contribution in [3.8, 4) is 22.5 Å². The number of ether oxygens (including phenoxy) is 3. The molecule has 0 saturated carbocycles. The van der Waals surface area contributed by atoms with Crippen LogP contribution in [-0.4, -0.2) is 79.2 Å². The molecule has 0 amide bonds. The number of nitrogens with two attached hydrogens (primary N) is 1. The van der Waals surface area contributed by atoms with Gasteiger partial charge < -0.3 is 34.0 Å². The van der Waals surface area contributed by atoms with Crippen LogP contribution in [0.1, 0.15) is 16.8 Å². The second-order valence-electron chi connectivity index (χ2n) is 9.43. The first-order valence-electron chi connectivity index (χ1n) is 13.2. The Morgan fingerprint density at radius 1 is 0.955 bits per heavy atom. The molecule has 2 aromatic carbocycles. The Morgan fingerprint density at radius 2 is 1.64 bits per heavy atom. The summed E-state index contributed by atoms with van der Waals surface area (Å²) in [6, 6.07) is 10.8. The van der Waals surface area contributed by atoms with Crippen molar-refractivity contribution in [2.24, 2.45) is 0 Å².